The second-order valence-corrected chi connectivity index (χ2v) is 6.65. The van der Waals surface area contributed by atoms with Crippen molar-refractivity contribution in [1.29, 1.82) is 0 Å². The molecule has 2 amide bonds. The Morgan fingerprint density at radius 2 is 1.77 bits per heavy atom. The molecule has 7 heteroatoms. The van der Waals surface area contributed by atoms with E-state index in [1.165, 1.54) is 0 Å². The lowest BCUT2D eigenvalue weighted by molar-refractivity contribution is 0.0961. The summed E-state index contributed by atoms with van der Waals surface area (Å²) in [6.45, 7) is 1.86. The van der Waals surface area contributed by atoms with Crippen LogP contribution >= 0.6 is 15.9 Å². The number of aryl methyl sites for hydroxylation is 1. The molecule has 3 N–H and O–H groups in total. The Kier molecular flexibility index (Phi) is 5.18. The van der Waals surface area contributed by atoms with Crippen LogP contribution in [0.5, 0.6) is 0 Å². The van der Waals surface area contributed by atoms with Crippen molar-refractivity contribution in [3.63, 3.8) is 0 Å². The molecule has 0 aliphatic carbocycles. The van der Waals surface area contributed by atoms with Gasteiger partial charge in [-0.05, 0) is 42.8 Å². The largest absolute Gasteiger partial charge is 0.355 e. The second kappa shape index (κ2) is 7.53. The van der Waals surface area contributed by atoms with E-state index in [4.69, 9.17) is 0 Å². The van der Waals surface area contributed by atoms with Crippen LogP contribution in [0.2, 0.25) is 0 Å². The summed E-state index contributed by atoms with van der Waals surface area (Å²) in [5, 5.41) is 12.3. The fourth-order valence-electron chi connectivity index (χ4n) is 2.44. The van der Waals surface area contributed by atoms with Gasteiger partial charge in [0.1, 0.15) is 5.69 Å². The quantitative estimate of drug-likeness (QED) is 0.609. The summed E-state index contributed by atoms with van der Waals surface area (Å²) < 4.78 is 0.973. The molecule has 1 heterocycles. The van der Waals surface area contributed by atoms with Crippen molar-refractivity contribution in [3.05, 3.63) is 69.8 Å². The fraction of sp³-hybridized carbons (Fsp3) is 0.105. The fourth-order valence-corrected chi connectivity index (χ4v) is 2.70. The van der Waals surface area contributed by atoms with Crippen LogP contribution < -0.4 is 10.6 Å². The second-order valence-electron chi connectivity index (χ2n) is 5.74. The molecule has 0 saturated carbocycles. The number of carbonyl (C=O) groups excluding carboxylic acids is 2. The van der Waals surface area contributed by atoms with Crippen molar-refractivity contribution in [2.75, 3.05) is 12.4 Å². The monoisotopic (exact) mass is 412 g/mol. The maximum absolute atomic E-state index is 12.5. The van der Waals surface area contributed by atoms with Gasteiger partial charge in [0.2, 0.25) is 0 Å². The number of benzene rings is 2. The van der Waals surface area contributed by atoms with E-state index >= 15 is 0 Å². The molecule has 0 saturated heterocycles. The van der Waals surface area contributed by atoms with Gasteiger partial charge in [0, 0.05) is 28.3 Å². The van der Waals surface area contributed by atoms with E-state index in [9.17, 15) is 9.59 Å². The summed E-state index contributed by atoms with van der Waals surface area (Å²) >= 11 is 3.39. The number of aromatic nitrogens is 2. The van der Waals surface area contributed by atoms with Crippen molar-refractivity contribution in [2.45, 2.75) is 6.92 Å². The first kappa shape index (κ1) is 17.9. The van der Waals surface area contributed by atoms with Crippen molar-refractivity contribution in [2.24, 2.45) is 0 Å². The minimum atomic E-state index is -0.321. The van der Waals surface area contributed by atoms with Gasteiger partial charge in [-0.25, -0.2) is 0 Å². The zero-order valence-corrected chi connectivity index (χ0v) is 15.8. The highest BCUT2D eigenvalue weighted by molar-refractivity contribution is 9.10. The number of nitrogens with zero attached hydrogens (tertiary/aromatic N) is 1. The molecule has 0 spiro atoms. The Balaban J connectivity index is 1.81. The molecular formula is C19H17BrN4O2. The molecule has 0 aliphatic heterocycles. The standard InChI is InChI=1S/C19H17BrN4O2/c1-11-3-4-13(18(25)21-2)9-15(11)22-19(26)17-10-16(23-24-17)12-5-7-14(20)8-6-12/h3-10H,1-2H3,(H,21,25)(H,22,26)(H,23,24). The molecule has 3 rings (SSSR count). The Bertz CT molecular complexity index is 964. The highest BCUT2D eigenvalue weighted by Gasteiger charge is 2.14. The van der Waals surface area contributed by atoms with Crippen LogP contribution in [0, 0.1) is 6.92 Å². The number of amides is 2. The number of nitrogens with one attached hydrogen (secondary N) is 3. The number of carbonyl (C=O) groups is 2. The van der Waals surface area contributed by atoms with Crippen LogP contribution in [0.15, 0.2) is 53.0 Å². The molecular weight excluding hydrogens is 396 g/mol. The topological polar surface area (TPSA) is 86.9 Å². The molecule has 1 aromatic heterocycles. The van der Waals surface area contributed by atoms with Crippen LogP contribution in [0.4, 0.5) is 5.69 Å². The number of H-pyrrole nitrogens is 1. The van der Waals surface area contributed by atoms with Gasteiger partial charge in [-0.2, -0.15) is 5.10 Å². The SMILES string of the molecule is CNC(=O)c1ccc(C)c(NC(=O)c2cc(-c3ccc(Br)cc3)n[nH]2)c1. The Morgan fingerprint density at radius 1 is 1.04 bits per heavy atom. The summed E-state index contributed by atoms with van der Waals surface area (Å²) in [5.74, 6) is -0.530. The molecule has 26 heavy (non-hydrogen) atoms. The summed E-state index contributed by atoms with van der Waals surface area (Å²) in [6, 6.07) is 14.5. The predicted molar refractivity (Wildman–Crippen MR) is 104 cm³/mol. The van der Waals surface area contributed by atoms with Gasteiger partial charge in [-0.3, -0.25) is 14.7 Å². The lowest BCUT2D eigenvalue weighted by atomic mass is 10.1. The molecule has 0 radical (unpaired) electrons. The average molecular weight is 413 g/mol. The summed E-state index contributed by atoms with van der Waals surface area (Å²) in [6.07, 6.45) is 0. The van der Waals surface area contributed by atoms with Crippen molar-refractivity contribution < 1.29 is 9.59 Å². The van der Waals surface area contributed by atoms with Crippen LogP contribution in [-0.4, -0.2) is 29.1 Å². The summed E-state index contributed by atoms with van der Waals surface area (Å²) in [5.41, 5.74) is 3.84. The summed E-state index contributed by atoms with van der Waals surface area (Å²) in [4.78, 5) is 24.3. The van der Waals surface area contributed by atoms with Gasteiger partial charge >= 0.3 is 0 Å². The molecule has 6 nitrogen and oxygen atoms in total. The number of halogens is 1. The molecule has 0 atom stereocenters. The summed E-state index contributed by atoms with van der Waals surface area (Å²) in [7, 11) is 1.56. The molecule has 0 aliphatic rings. The van der Waals surface area contributed by atoms with E-state index in [2.05, 4.69) is 36.8 Å². The van der Waals surface area contributed by atoms with Crippen molar-refractivity contribution in [3.8, 4) is 11.3 Å². The van der Waals surface area contributed by atoms with E-state index in [1.54, 1.807) is 31.3 Å². The lowest BCUT2D eigenvalue weighted by Crippen LogP contribution is -2.19. The maximum Gasteiger partial charge on any atom is 0.273 e. The van der Waals surface area contributed by atoms with Gasteiger partial charge in [0.15, 0.2) is 0 Å². The van der Waals surface area contributed by atoms with Gasteiger partial charge in [0.05, 0.1) is 5.69 Å². The third-order valence-electron chi connectivity index (χ3n) is 3.94. The first-order valence-electron chi connectivity index (χ1n) is 7.93. The van der Waals surface area contributed by atoms with Gasteiger partial charge in [-0.15, -0.1) is 0 Å². The molecule has 3 aromatic rings. The van der Waals surface area contributed by atoms with Crippen molar-refractivity contribution >= 4 is 33.4 Å². The average Bonchev–Trinajstić information content (AvgIpc) is 3.13. The minimum Gasteiger partial charge on any atom is -0.355 e. The first-order chi connectivity index (χ1) is 12.5. The van der Waals surface area contributed by atoms with E-state index in [0.717, 1.165) is 15.6 Å². The van der Waals surface area contributed by atoms with E-state index in [-0.39, 0.29) is 11.8 Å². The molecule has 132 valence electrons. The third-order valence-corrected chi connectivity index (χ3v) is 4.47. The molecule has 2 aromatic carbocycles. The Morgan fingerprint density at radius 3 is 2.46 bits per heavy atom. The maximum atomic E-state index is 12.5. The lowest BCUT2D eigenvalue weighted by Gasteiger charge is -2.09. The van der Waals surface area contributed by atoms with Crippen LogP contribution in [0.1, 0.15) is 26.4 Å². The zero-order chi connectivity index (χ0) is 18.7. The zero-order valence-electron chi connectivity index (χ0n) is 14.3. The molecule has 0 bridgehead atoms. The Labute approximate surface area is 159 Å². The third kappa shape index (κ3) is 3.83. The van der Waals surface area contributed by atoms with E-state index in [1.807, 2.05) is 31.2 Å². The van der Waals surface area contributed by atoms with Crippen LogP contribution in [-0.2, 0) is 0 Å². The number of aromatic amines is 1. The predicted octanol–water partition coefficient (Wildman–Crippen LogP) is 3.76. The highest BCUT2D eigenvalue weighted by atomic mass is 79.9. The van der Waals surface area contributed by atoms with Crippen molar-refractivity contribution in [1.82, 2.24) is 15.5 Å². The number of hydrogen-bond donors (Lipinski definition) is 3. The van der Waals surface area contributed by atoms with Gasteiger partial charge in [-0.1, -0.05) is 34.1 Å². The van der Waals surface area contributed by atoms with Gasteiger partial charge in [0.25, 0.3) is 11.8 Å². The molecule has 0 unspecified atom stereocenters. The molecule has 0 fully saturated rings. The first-order valence-corrected chi connectivity index (χ1v) is 8.72. The van der Waals surface area contributed by atoms with E-state index in [0.29, 0.717) is 22.6 Å². The smallest absolute Gasteiger partial charge is 0.273 e. The number of hydrogen-bond acceptors (Lipinski definition) is 3. The van der Waals surface area contributed by atoms with E-state index < -0.39 is 0 Å². The van der Waals surface area contributed by atoms with Gasteiger partial charge < -0.3 is 10.6 Å². The van der Waals surface area contributed by atoms with Crippen LogP contribution in [0.3, 0.4) is 0 Å². The van der Waals surface area contributed by atoms with Crippen LogP contribution in [0.25, 0.3) is 11.3 Å². The number of rotatable bonds is 4. The minimum absolute atomic E-state index is 0.209. The highest BCUT2D eigenvalue weighted by Crippen LogP contribution is 2.22. The number of anilines is 1. The normalized spacial score (nSPS) is 10.4. The Hall–Kier alpha value is -2.93.